The fourth-order valence-electron chi connectivity index (χ4n) is 4.54. The molecule has 41 heavy (non-hydrogen) atoms. The average molecular weight is 582 g/mol. The van der Waals surface area contributed by atoms with Gasteiger partial charge in [-0.25, -0.2) is 9.78 Å². The van der Waals surface area contributed by atoms with Crippen molar-refractivity contribution in [2.45, 2.75) is 60.1 Å². The number of aromatic nitrogens is 1. The van der Waals surface area contributed by atoms with Gasteiger partial charge in [-0.1, -0.05) is 38.1 Å². The number of nitrogens with zero attached hydrogens (tertiary/aromatic N) is 2. The van der Waals surface area contributed by atoms with Gasteiger partial charge in [-0.15, -0.1) is 12.4 Å². The molecule has 1 aliphatic heterocycles. The highest BCUT2D eigenvalue weighted by Gasteiger charge is 2.26. The van der Waals surface area contributed by atoms with Gasteiger partial charge in [0.2, 0.25) is 5.91 Å². The molecule has 0 bridgehead atoms. The van der Waals surface area contributed by atoms with Crippen LogP contribution < -0.4 is 21.3 Å². The standard InChI is InChI=1S/C31H39N5O4.ClH/c1-8-32-22-16-25-24(15-19(22)4)35-28-21-12-10-9-11-20(21)23(17-26(28)39-25)33-13-14-34-29(37)27(18(2)3)36-30(38)40-31(5,6)7;/h9-12,15-18,27,32H,8,13-14H2,1-7H3,(H,34,37)(H,36,38);1H. The normalized spacial score (nSPS) is 12.8. The number of nitrogens with one attached hydrogen (secondary N) is 3. The first-order valence-electron chi connectivity index (χ1n) is 13.8. The van der Waals surface area contributed by atoms with Gasteiger partial charge >= 0.3 is 6.09 Å². The maximum Gasteiger partial charge on any atom is 0.408 e. The largest absolute Gasteiger partial charge is 0.453 e. The lowest BCUT2D eigenvalue weighted by molar-refractivity contribution is -0.124. The first-order chi connectivity index (χ1) is 19.0. The Balaban J connectivity index is 0.00000462. The molecule has 1 heterocycles. The molecule has 2 aliphatic rings. The molecule has 220 valence electrons. The number of aryl methyl sites for hydroxylation is 1. The minimum absolute atomic E-state index is 0. The van der Waals surface area contributed by atoms with E-state index in [1.165, 1.54) is 0 Å². The van der Waals surface area contributed by atoms with Crippen LogP contribution in [-0.4, -0.2) is 48.3 Å². The molecule has 2 amide bonds. The lowest BCUT2D eigenvalue weighted by Gasteiger charge is -2.25. The summed E-state index contributed by atoms with van der Waals surface area (Å²) in [6, 6.07) is 13.2. The Morgan fingerprint density at radius 3 is 2.46 bits per heavy atom. The Morgan fingerprint density at radius 2 is 1.80 bits per heavy atom. The molecule has 4 rings (SSSR count). The molecule has 1 aliphatic carbocycles. The zero-order valence-corrected chi connectivity index (χ0v) is 25.6. The lowest BCUT2D eigenvalue weighted by Crippen LogP contribution is -2.51. The third kappa shape index (κ3) is 7.67. The van der Waals surface area contributed by atoms with Crippen LogP contribution in [0.1, 0.15) is 47.1 Å². The molecule has 2 aromatic rings. The lowest BCUT2D eigenvalue weighted by atomic mass is 10.0. The van der Waals surface area contributed by atoms with E-state index in [9.17, 15) is 9.59 Å². The number of carbonyl (C=O) groups is 2. The van der Waals surface area contributed by atoms with Crippen molar-refractivity contribution in [3.63, 3.8) is 0 Å². The summed E-state index contributed by atoms with van der Waals surface area (Å²) in [5.74, 6) is 0.244. The van der Waals surface area contributed by atoms with E-state index >= 15 is 0 Å². The summed E-state index contributed by atoms with van der Waals surface area (Å²) in [4.78, 5) is 34.8. The zero-order chi connectivity index (χ0) is 29.0. The van der Waals surface area contributed by atoms with Gasteiger partial charge in [0.15, 0.2) is 11.3 Å². The second-order valence-electron chi connectivity index (χ2n) is 11.2. The summed E-state index contributed by atoms with van der Waals surface area (Å²) in [6.45, 7) is 14.7. The number of ether oxygens (including phenoxy) is 1. The summed E-state index contributed by atoms with van der Waals surface area (Å²) >= 11 is 0. The van der Waals surface area contributed by atoms with Crippen molar-refractivity contribution in [1.29, 1.82) is 0 Å². The van der Waals surface area contributed by atoms with E-state index in [1.807, 2.05) is 56.3 Å². The number of halogens is 1. The predicted octanol–water partition coefficient (Wildman–Crippen LogP) is 5.81. The van der Waals surface area contributed by atoms with Crippen molar-refractivity contribution >= 4 is 52.0 Å². The van der Waals surface area contributed by atoms with Crippen molar-refractivity contribution in [2.75, 3.05) is 25.0 Å². The second kappa shape index (κ2) is 13.2. The summed E-state index contributed by atoms with van der Waals surface area (Å²) in [7, 11) is 0. The monoisotopic (exact) mass is 581 g/mol. The van der Waals surface area contributed by atoms with Crippen LogP contribution in [0.5, 0.6) is 0 Å². The van der Waals surface area contributed by atoms with Crippen LogP contribution in [0.25, 0.3) is 33.3 Å². The smallest absolute Gasteiger partial charge is 0.408 e. The molecule has 1 atom stereocenters. The third-order valence-electron chi connectivity index (χ3n) is 6.40. The first-order valence-corrected chi connectivity index (χ1v) is 13.8. The Morgan fingerprint density at radius 1 is 1.10 bits per heavy atom. The maximum atomic E-state index is 12.9. The van der Waals surface area contributed by atoms with Crippen LogP contribution in [0, 0.1) is 12.8 Å². The highest BCUT2D eigenvalue weighted by atomic mass is 35.5. The quantitative estimate of drug-likeness (QED) is 0.137. The Kier molecular flexibility index (Phi) is 10.2. The fraction of sp³-hybridized carbons (Fsp3) is 0.419. The number of anilines is 1. The van der Waals surface area contributed by atoms with E-state index < -0.39 is 17.7 Å². The number of rotatable bonds is 8. The number of carbonyl (C=O) groups excluding carboxylic acids is 2. The maximum absolute atomic E-state index is 12.9. The Hall–Kier alpha value is -3.85. The van der Waals surface area contributed by atoms with Crippen LogP contribution in [0.3, 0.4) is 0 Å². The highest BCUT2D eigenvalue weighted by Crippen LogP contribution is 2.32. The van der Waals surface area contributed by atoms with E-state index in [0.29, 0.717) is 24.4 Å². The van der Waals surface area contributed by atoms with E-state index in [4.69, 9.17) is 19.1 Å². The van der Waals surface area contributed by atoms with Gasteiger partial charge in [0.1, 0.15) is 22.9 Å². The number of alkyl carbamates (subject to hydrolysis) is 1. The molecular weight excluding hydrogens is 542 g/mol. The van der Waals surface area contributed by atoms with Gasteiger partial charge in [-0.3, -0.25) is 9.79 Å². The molecule has 2 aromatic carbocycles. The van der Waals surface area contributed by atoms with Crippen molar-refractivity contribution in [2.24, 2.45) is 10.9 Å². The van der Waals surface area contributed by atoms with Crippen LogP contribution in [0.15, 0.2) is 51.9 Å². The van der Waals surface area contributed by atoms with Gasteiger partial charge in [-0.2, -0.15) is 0 Å². The van der Waals surface area contributed by atoms with Gasteiger partial charge in [-0.05, 0) is 52.2 Å². The highest BCUT2D eigenvalue weighted by molar-refractivity contribution is 5.96. The number of amides is 2. The third-order valence-corrected chi connectivity index (χ3v) is 6.40. The molecule has 1 unspecified atom stereocenters. The van der Waals surface area contributed by atoms with Gasteiger partial charge < -0.3 is 25.1 Å². The molecule has 0 radical (unpaired) electrons. The number of hydrogen-bond donors (Lipinski definition) is 3. The Labute approximate surface area is 246 Å². The SMILES string of the molecule is CCNc1cc2oc3cc(=NCCNC(=O)C(NC(=O)OC(C)(C)C)C(C)C)c4ccccc4c-3nc2cc1C.Cl. The molecule has 3 N–H and O–H groups in total. The average Bonchev–Trinajstić information content (AvgIpc) is 2.88. The molecule has 10 heteroatoms. The minimum atomic E-state index is -0.717. The minimum Gasteiger partial charge on any atom is -0.453 e. The van der Waals surface area contributed by atoms with Crippen LogP contribution >= 0.6 is 12.4 Å². The molecule has 0 saturated carbocycles. The van der Waals surface area contributed by atoms with Gasteiger partial charge in [0.25, 0.3) is 0 Å². The zero-order valence-electron chi connectivity index (χ0n) is 24.8. The fourth-order valence-corrected chi connectivity index (χ4v) is 4.54. The predicted molar refractivity (Wildman–Crippen MR) is 166 cm³/mol. The van der Waals surface area contributed by atoms with Gasteiger partial charge in [0.05, 0.1) is 11.9 Å². The summed E-state index contributed by atoms with van der Waals surface area (Å²) in [5.41, 5.74) is 3.74. The van der Waals surface area contributed by atoms with Crippen LogP contribution in [0.4, 0.5) is 10.5 Å². The van der Waals surface area contributed by atoms with E-state index in [2.05, 4.69) is 29.8 Å². The van der Waals surface area contributed by atoms with Crippen LogP contribution in [-0.2, 0) is 9.53 Å². The molecule has 0 fully saturated rings. The van der Waals surface area contributed by atoms with E-state index in [-0.39, 0.29) is 24.2 Å². The Bertz CT molecular complexity index is 1570. The first kappa shape index (κ1) is 31.7. The van der Waals surface area contributed by atoms with Crippen LogP contribution in [0.2, 0.25) is 0 Å². The summed E-state index contributed by atoms with van der Waals surface area (Å²) in [5, 5.41) is 11.6. The molecule has 0 aromatic heterocycles. The second-order valence-corrected chi connectivity index (χ2v) is 11.2. The molecule has 9 nitrogen and oxygen atoms in total. The van der Waals surface area contributed by atoms with Crippen molar-refractivity contribution < 1.29 is 18.7 Å². The van der Waals surface area contributed by atoms with Crippen molar-refractivity contribution in [3.05, 3.63) is 53.4 Å². The molecular formula is C31H40ClN5O4. The number of hydrogen-bond acceptors (Lipinski definition) is 7. The summed E-state index contributed by atoms with van der Waals surface area (Å²) in [6.07, 6.45) is -0.619. The molecule has 0 spiro atoms. The number of fused-ring (bicyclic) bond motifs is 4. The van der Waals surface area contributed by atoms with E-state index in [0.717, 1.165) is 45.1 Å². The van der Waals surface area contributed by atoms with Gasteiger partial charge in [0, 0.05) is 41.7 Å². The van der Waals surface area contributed by atoms with Crippen molar-refractivity contribution in [3.8, 4) is 11.5 Å². The van der Waals surface area contributed by atoms with Crippen molar-refractivity contribution in [1.82, 2.24) is 15.6 Å². The molecule has 0 saturated heterocycles. The topological polar surface area (TPSA) is 118 Å². The van der Waals surface area contributed by atoms with E-state index in [1.54, 1.807) is 20.8 Å². The summed E-state index contributed by atoms with van der Waals surface area (Å²) < 4.78 is 11.6. The number of benzene rings is 3.